The van der Waals surface area contributed by atoms with Crippen LogP contribution in [0.1, 0.15) is 59.8 Å². The topological polar surface area (TPSA) is 39.7 Å². The molecule has 0 aromatic carbocycles. The van der Waals surface area contributed by atoms with Crippen LogP contribution in [0.2, 0.25) is 0 Å². The molecule has 1 saturated carbocycles. The van der Waals surface area contributed by atoms with Crippen molar-refractivity contribution in [1.82, 2.24) is 5.32 Å². The van der Waals surface area contributed by atoms with Crippen LogP contribution in [0.25, 0.3) is 0 Å². The summed E-state index contributed by atoms with van der Waals surface area (Å²) in [6.45, 7) is 9.92. The molecule has 0 saturated heterocycles. The highest BCUT2D eigenvalue weighted by Gasteiger charge is 2.48. The number of nitrogens with one attached hydrogen (secondary N) is 1. The maximum absolute atomic E-state index is 5.91. The van der Waals surface area contributed by atoms with Crippen LogP contribution >= 0.6 is 0 Å². The van der Waals surface area contributed by atoms with E-state index in [4.69, 9.17) is 13.3 Å². The molecule has 0 amide bonds. The predicted octanol–water partition coefficient (Wildman–Crippen LogP) is 3.05. The third kappa shape index (κ3) is 5.15. The molecule has 5 heteroatoms. The first-order valence-corrected chi connectivity index (χ1v) is 9.43. The van der Waals surface area contributed by atoms with Crippen LogP contribution in [0, 0.1) is 5.67 Å². The van der Waals surface area contributed by atoms with E-state index in [0.29, 0.717) is 25.9 Å². The molecule has 0 heterocycles. The summed E-state index contributed by atoms with van der Waals surface area (Å²) in [4.78, 5) is 0. The lowest BCUT2D eigenvalue weighted by Crippen LogP contribution is -2.57. The van der Waals surface area contributed by atoms with Crippen LogP contribution < -0.4 is 5.32 Å². The van der Waals surface area contributed by atoms with E-state index in [-0.39, 0.29) is 0 Å². The van der Waals surface area contributed by atoms with Gasteiger partial charge in [0.25, 0.3) is 0 Å². The van der Waals surface area contributed by atoms with Gasteiger partial charge < -0.3 is 18.6 Å². The zero-order valence-corrected chi connectivity index (χ0v) is 14.0. The normalized spacial score (nSPS) is 18.2. The molecule has 0 unspecified atom stereocenters. The van der Waals surface area contributed by atoms with Gasteiger partial charge in [-0.2, -0.15) is 0 Å². The molecule has 1 rings (SSSR count). The Balaban J connectivity index is 2.64. The van der Waals surface area contributed by atoms with Gasteiger partial charge in [-0.1, -0.05) is 19.3 Å². The van der Waals surface area contributed by atoms with Crippen LogP contribution in [-0.4, -0.2) is 34.7 Å². The first-order chi connectivity index (χ1) is 9.18. The van der Waals surface area contributed by atoms with E-state index in [1.807, 2.05) is 20.8 Å². The van der Waals surface area contributed by atoms with Crippen molar-refractivity contribution < 1.29 is 13.3 Å². The molecule has 1 N–H and O–H groups in total. The quantitative estimate of drug-likeness (QED) is 0.662. The minimum Gasteiger partial charge on any atom is -0.373 e. The van der Waals surface area contributed by atoms with Crippen LogP contribution in [0.4, 0.5) is 0 Å². The summed E-state index contributed by atoms with van der Waals surface area (Å²) < 4.78 is 17.7. The molecular formula is C14H30NO3Si. The summed E-state index contributed by atoms with van der Waals surface area (Å²) in [7, 11) is -2.68. The van der Waals surface area contributed by atoms with Crippen molar-refractivity contribution >= 4 is 8.80 Å². The lowest BCUT2D eigenvalue weighted by atomic mass is 9.96. The van der Waals surface area contributed by atoms with Crippen molar-refractivity contribution in [2.75, 3.05) is 19.8 Å². The summed E-state index contributed by atoms with van der Waals surface area (Å²) >= 11 is 0. The summed E-state index contributed by atoms with van der Waals surface area (Å²) in [5.74, 6) is 0. The standard InChI is InChI=1S/C14H30NO3Si/c1-5-16-19(17-6-2,18-7-3)13(4)15-14-11-9-8-10-12-14/h14-15H,5-12H2,1-4H3. The van der Waals surface area contributed by atoms with Crippen molar-refractivity contribution in [3.8, 4) is 0 Å². The molecule has 0 aliphatic heterocycles. The fourth-order valence-electron chi connectivity index (χ4n) is 2.66. The van der Waals surface area contributed by atoms with E-state index in [0.717, 1.165) is 5.67 Å². The molecule has 0 aromatic heterocycles. The van der Waals surface area contributed by atoms with Gasteiger partial charge in [0.05, 0.1) is 0 Å². The van der Waals surface area contributed by atoms with E-state index in [9.17, 15) is 0 Å². The van der Waals surface area contributed by atoms with Gasteiger partial charge in [0.15, 0.2) is 0 Å². The molecular weight excluding hydrogens is 258 g/mol. The summed E-state index contributed by atoms with van der Waals surface area (Å²) in [6, 6.07) is 0.557. The van der Waals surface area contributed by atoms with Gasteiger partial charge in [-0.05, 0) is 40.5 Å². The van der Waals surface area contributed by atoms with E-state index in [2.05, 4.69) is 12.2 Å². The number of rotatable bonds is 9. The zero-order valence-electron chi connectivity index (χ0n) is 13.0. The zero-order chi connectivity index (χ0) is 14.1. The van der Waals surface area contributed by atoms with E-state index in [1.165, 1.54) is 32.1 Å². The molecule has 4 nitrogen and oxygen atoms in total. The van der Waals surface area contributed by atoms with Crippen molar-refractivity contribution in [3.63, 3.8) is 0 Å². The molecule has 1 radical (unpaired) electrons. The van der Waals surface area contributed by atoms with Crippen LogP contribution in [0.3, 0.4) is 0 Å². The van der Waals surface area contributed by atoms with E-state index >= 15 is 0 Å². The fraction of sp³-hybridized carbons (Fsp3) is 0.929. The Labute approximate surface area is 119 Å². The van der Waals surface area contributed by atoms with Gasteiger partial charge in [-0.3, -0.25) is 0 Å². The van der Waals surface area contributed by atoms with Crippen molar-refractivity contribution in [2.45, 2.75) is 65.8 Å². The van der Waals surface area contributed by atoms with Gasteiger partial charge in [0.1, 0.15) is 5.67 Å². The van der Waals surface area contributed by atoms with E-state index < -0.39 is 8.80 Å². The van der Waals surface area contributed by atoms with Gasteiger partial charge in [-0.15, -0.1) is 0 Å². The Hall–Kier alpha value is 0.0569. The first kappa shape index (κ1) is 17.1. The van der Waals surface area contributed by atoms with Gasteiger partial charge in [0.2, 0.25) is 0 Å². The van der Waals surface area contributed by atoms with Gasteiger partial charge in [0, 0.05) is 25.9 Å². The molecule has 0 bridgehead atoms. The minimum atomic E-state index is -2.68. The van der Waals surface area contributed by atoms with Crippen LogP contribution in [-0.2, 0) is 13.3 Å². The highest BCUT2D eigenvalue weighted by atomic mass is 28.4. The minimum absolute atomic E-state index is 0.557. The largest absolute Gasteiger partial charge is 0.523 e. The first-order valence-electron chi connectivity index (χ1n) is 7.70. The van der Waals surface area contributed by atoms with Crippen molar-refractivity contribution in [2.24, 2.45) is 0 Å². The average Bonchev–Trinajstić information content (AvgIpc) is 2.40. The Kier molecular flexibility index (Phi) is 8.17. The Morgan fingerprint density at radius 1 is 0.947 bits per heavy atom. The molecule has 19 heavy (non-hydrogen) atoms. The monoisotopic (exact) mass is 288 g/mol. The number of hydrogen-bond acceptors (Lipinski definition) is 4. The fourth-order valence-corrected chi connectivity index (χ4v) is 5.08. The van der Waals surface area contributed by atoms with Crippen molar-refractivity contribution in [3.05, 3.63) is 5.67 Å². The summed E-state index contributed by atoms with van der Waals surface area (Å²) in [5, 5.41) is 3.62. The van der Waals surface area contributed by atoms with E-state index in [1.54, 1.807) is 0 Å². The summed E-state index contributed by atoms with van der Waals surface area (Å²) in [6.07, 6.45) is 6.48. The predicted molar refractivity (Wildman–Crippen MR) is 79.6 cm³/mol. The molecule has 113 valence electrons. The third-order valence-electron chi connectivity index (χ3n) is 3.49. The smallest absolute Gasteiger partial charge is 0.373 e. The molecule has 1 aliphatic rings. The summed E-state index contributed by atoms with van der Waals surface area (Å²) in [5.41, 5.74) is 1.07. The molecule has 0 atom stereocenters. The highest BCUT2D eigenvalue weighted by Crippen LogP contribution is 2.24. The lowest BCUT2D eigenvalue weighted by Gasteiger charge is -2.36. The Morgan fingerprint density at radius 3 is 1.84 bits per heavy atom. The second-order valence-corrected chi connectivity index (χ2v) is 7.69. The second-order valence-electron chi connectivity index (χ2n) is 4.96. The molecule has 1 fully saturated rings. The van der Waals surface area contributed by atoms with Crippen LogP contribution in [0.15, 0.2) is 0 Å². The maximum Gasteiger partial charge on any atom is 0.523 e. The Bertz CT molecular complexity index is 218. The van der Waals surface area contributed by atoms with Crippen LogP contribution in [0.5, 0.6) is 0 Å². The lowest BCUT2D eigenvalue weighted by molar-refractivity contribution is 0.0701. The van der Waals surface area contributed by atoms with Crippen molar-refractivity contribution in [1.29, 1.82) is 0 Å². The van der Waals surface area contributed by atoms with Gasteiger partial charge in [-0.25, -0.2) is 0 Å². The Morgan fingerprint density at radius 2 is 1.42 bits per heavy atom. The highest BCUT2D eigenvalue weighted by molar-refractivity contribution is 6.66. The average molecular weight is 288 g/mol. The molecule has 0 spiro atoms. The SMILES string of the molecule is CCO[Si](OCC)(OCC)[C](C)NC1CCCCC1. The van der Waals surface area contributed by atoms with Gasteiger partial charge >= 0.3 is 8.80 Å². The maximum atomic E-state index is 5.91. The third-order valence-corrected chi connectivity index (χ3v) is 6.56. The molecule has 0 aromatic rings. The molecule has 1 aliphatic carbocycles. The number of hydrogen-bond donors (Lipinski definition) is 1. The second kappa shape index (κ2) is 9.08.